The standard InChI is InChI=1S/C17H23N3O3S2/c1-13(2)12-23-15-3-5-16(6-4-15)25(21,22)19-14-7-9-20(11-14)17-18-8-10-24-17/h3-6,8,10,13-14,19H,7,9,11-12H2,1-2H3. The Morgan fingerprint density at radius 2 is 2.12 bits per heavy atom. The number of hydrogen-bond acceptors (Lipinski definition) is 6. The average Bonchev–Trinajstić information content (AvgIpc) is 3.24. The normalized spacial score (nSPS) is 18.0. The molecule has 136 valence electrons. The molecule has 0 spiro atoms. The third-order valence-corrected chi connectivity index (χ3v) is 6.29. The van der Waals surface area contributed by atoms with Crippen molar-refractivity contribution in [1.29, 1.82) is 0 Å². The second-order valence-electron chi connectivity index (χ2n) is 6.54. The van der Waals surface area contributed by atoms with E-state index in [0.717, 1.165) is 18.1 Å². The van der Waals surface area contributed by atoms with Crippen molar-refractivity contribution in [3.8, 4) is 5.75 Å². The Morgan fingerprint density at radius 3 is 2.76 bits per heavy atom. The predicted molar refractivity (Wildman–Crippen MR) is 99.8 cm³/mol. The van der Waals surface area contributed by atoms with Gasteiger partial charge in [-0.3, -0.25) is 0 Å². The number of sulfonamides is 1. The summed E-state index contributed by atoms with van der Waals surface area (Å²) < 4.78 is 33.5. The fraction of sp³-hybridized carbons (Fsp3) is 0.471. The van der Waals surface area contributed by atoms with Crippen LogP contribution in [0.2, 0.25) is 0 Å². The largest absolute Gasteiger partial charge is 0.493 e. The number of benzene rings is 1. The average molecular weight is 382 g/mol. The van der Waals surface area contributed by atoms with Crippen molar-refractivity contribution in [2.75, 3.05) is 24.6 Å². The molecule has 25 heavy (non-hydrogen) atoms. The SMILES string of the molecule is CC(C)COc1ccc(S(=O)(=O)NC2CCN(c3nccs3)C2)cc1. The van der Waals surface area contributed by atoms with Crippen molar-refractivity contribution in [2.24, 2.45) is 5.92 Å². The van der Waals surface area contributed by atoms with Gasteiger partial charge in [0.15, 0.2) is 5.13 Å². The summed E-state index contributed by atoms with van der Waals surface area (Å²) in [6.45, 7) is 6.20. The molecule has 1 unspecified atom stereocenters. The number of thiazole rings is 1. The molecule has 3 rings (SSSR count). The predicted octanol–water partition coefficient (Wildman–Crippen LogP) is 2.74. The van der Waals surface area contributed by atoms with E-state index in [0.29, 0.717) is 24.8 Å². The Bertz CT molecular complexity index is 774. The van der Waals surface area contributed by atoms with Gasteiger partial charge in [0.1, 0.15) is 5.75 Å². The number of nitrogens with one attached hydrogen (secondary N) is 1. The van der Waals surface area contributed by atoms with Gasteiger partial charge in [0.05, 0.1) is 11.5 Å². The van der Waals surface area contributed by atoms with Crippen LogP contribution in [-0.4, -0.2) is 39.1 Å². The molecule has 1 atom stereocenters. The van der Waals surface area contributed by atoms with Crippen LogP contribution >= 0.6 is 11.3 Å². The first-order chi connectivity index (χ1) is 11.9. The van der Waals surface area contributed by atoms with E-state index >= 15 is 0 Å². The maximum absolute atomic E-state index is 12.6. The molecule has 1 N–H and O–H groups in total. The van der Waals surface area contributed by atoms with Gasteiger partial charge < -0.3 is 9.64 Å². The van der Waals surface area contributed by atoms with Crippen LogP contribution in [-0.2, 0) is 10.0 Å². The van der Waals surface area contributed by atoms with Crippen LogP contribution < -0.4 is 14.4 Å². The molecule has 8 heteroatoms. The smallest absolute Gasteiger partial charge is 0.240 e. The highest BCUT2D eigenvalue weighted by Crippen LogP contribution is 2.23. The molecule has 1 fully saturated rings. The van der Waals surface area contributed by atoms with Crippen LogP contribution in [0.5, 0.6) is 5.75 Å². The Balaban J connectivity index is 1.60. The lowest BCUT2D eigenvalue weighted by molar-refractivity contribution is 0.271. The van der Waals surface area contributed by atoms with Gasteiger partial charge in [0, 0.05) is 30.7 Å². The van der Waals surface area contributed by atoms with Gasteiger partial charge in [-0.1, -0.05) is 13.8 Å². The number of rotatable bonds is 7. The summed E-state index contributed by atoms with van der Waals surface area (Å²) in [5, 5.41) is 2.86. The van der Waals surface area contributed by atoms with E-state index in [1.807, 2.05) is 5.38 Å². The number of aromatic nitrogens is 1. The summed E-state index contributed by atoms with van der Waals surface area (Å²) in [5.41, 5.74) is 0. The van der Waals surface area contributed by atoms with Crippen LogP contribution in [0.4, 0.5) is 5.13 Å². The number of hydrogen-bond donors (Lipinski definition) is 1. The minimum atomic E-state index is -3.53. The van der Waals surface area contributed by atoms with Crippen LogP contribution in [0, 0.1) is 5.92 Å². The zero-order valence-electron chi connectivity index (χ0n) is 14.4. The molecule has 1 aliphatic rings. The maximum Gasteiger partial charge on any atom is 0.240 e. The lowest BCUT2D eigenvalue weighted by atomic mass is 10.2. The molecule has 0 bridgehead atoms. The van der Waals surface area contributed by atoms with Crippen molar-refractivity contribution in [3.63, 3.8) is 0 Å². The molecule has 1 aromatic heterocycles. The maximum atomic E-state index is 12.6. The zero-order chi connectivity index (χ0) is 17.9. The molecule has 1 saturated heterocycles. The molecule has 2 aromatic rings. The van der Waals surface area contributed by atoms with Gasteiger partial charge in [-0.15, -0.1) is 11.3 Å². The molecule has 0 saturated carbocycles. The third kappa shape index (κ3) is 4.71. The first kappa shape index (κ1) is 18.2. The summed E-state index contributed by atoms with van der Waals surface area (Å²) in [4.78, 5) is 6.65. The highest BCUT2D eigenvalue weighted by atomic mass is 32.2. The van der Waals surface area contributed by atoms with E-state index in [-0.39, 0.29) is 10.9 Å². The lowest BCUT2D eigenvalue weighted by Gasteiger charge is -2.16. The molecule has 0 aliphatic carbocycles. The molecular weight excluding hydrogens is 358 g/mol. The van der Waals surface area contributed by atoms with Gasteiger partial charge in [-0.05, 0) is 36.6 Å². The second-order valence-corrected chi connectivity index (χ2v) is 9.13. The molecule has 6 nitrogen and oxygen atoms in total. The second kappa shape index (κ2) is 7.72. The quantitative estimate of drug-likeness (QED) is 0.798. The van der Waals surface area contributed by atoms with Gasteiger partial charge in [-0.25, -0.2) is 18.1 Å². The molecule has 2 heterocycles. The number of ether oxygens (including phenoxy) is 1. The molecule has 0 radical (unpaired) electrons. The van der Waals surface area contributed by atoms with Gasteiger partial charge in [-0.2, -0.15) is 0 Å². The Morgan fingerprint density at radius 1 is 1.36 bits per heavy atom. The van der Waals surface area contributed by atoms with E-state index in [9.17, 15) is 8.42 Å². The molecular formula is C17H23N3O3S2. The fourth-order valence-corrected chi connectivity index (χ4v) is 4.61. The van der Waals surface area contributed by atoms with E-state index < -0.39 is 10.0 Å². The van der Waals surface area contributed by atoms with E-state index in [1.54, 1.807) is 41.8 Å². The number of nitrogens with zero attached hydrogens (tertiary/aromatic N) is 2. The number of anilines is 1. The highest BCUT2D eigenvalue weighted by molar-refractivity contribution is 7.89. The van der Waals surface area contributed by atoms with Crippen LogP contribution in [0.25, 0.3) is 0 Å². The van der Waals surface area contributed by atoms with Crippen LogP contribution in [0.15, 0.2) is 40.7 Å². The van der Waals surface area contributed by atoms with Crippen molar-refractivity contribution in [3.05, 3.63) is 35.8 Å². The van der Waals surface area contributed by atoms with Crippen molar-refractivity contribution in [1.82, 2.24) is 9.71 Å². The van der Waals surface area contributed by atoms with E-state index in [2.05, 4.69) is 28.5 Å². The van der Waals surface area contributed by atoms with Crippen molar-refractivity contribution in [2.45, 2.75) is 31.2 Å². The summed E-state index contributed by atoms with van der Waals surface area (Å²) in [6.07, 6.45) is 2.54. The topological polar surface area (TPSA) is 71.5 Å². The lowest BCUT2D eigenvalue weighted by Crippen LogP contribution is -2.37. The highest BCUT2D eigenvalue weighted by Gasteiger charge is 2.28. The summed E-state index contributed by atoms with van der Waals surface area (Å²) in [5.74, 6) is 1.11. The third-order valence-electron chi connectivity index (χ3n) is 3.92. The van der Waals surface area contributed by atoms with E-state index in [4.69, 9.17) is 4.74 Å². The Kier molecular flexibility index (Phi) is 5.61. The summed E-state index contributed by atoms with van der Waals surface area (Å²) in [7, 11) is -3.53. The monoisotopic (exact) mass is 381 g/mol. The summed E-state index contributed by atoms with van der Waals surface area (Å²) >= 11 is 1.57. The first-order valence-electron chi connectivity index (χ1n) is 8.33. The Labute approximate surface area is 152 Å². The first-order valence-corrected chi connectivity index (χ1v) is 10.7. The van der Waals surface area contributed by atoms with Crippen LogP contribution in [0.1, 0.15) is 20.3 Å². The Hall–Kier alpha value is -1.64. The van der Waals surface area contributed by atoms with Gasteiger partial charge in [0.25, 0.3) is 0 Å². The van der Waals surface area contributed by atoms with Crippen molar-refractivity contribution >= 4 is 26.5 Å². The van der Waals surface area contributed by atoms with Crippen LogP contribution in [0.3, 0.4) is 0 Å². The minimum absolute atomic E-state index is 0.106. The molecule has 1 aromatic carbocycles. The fourth-order valence-electron chi connectivity index (χ4n) is 2.67. The molecule has 0 amide bonds. The van der Waals surface area contributed by atoms with Gasteiger partial charge >= 0.3 is 0 Å². The van der Waals surface area contributed by atoms with Crippen molar-refractivity contribution < 1.29 is 13.2 Å². The zero-order valence-corrected chi connectivity index (χ0v) is 16.0. The summed E-state index contributed by atoms with van der Waals surface area (Å²) in [6, 6.07) is 6.48. The minimum Gasteiger partial charge on any atom is -0.493 e. The van der Waals surface area contributed by atoms with E-state index in [1.165, 1.54) is 0 Å². The molecule has 1 aliphatic heterocycles. The van der Waals surface area contributed by atoms with Gasteiger partial charge in [0.2, 0.25) is 10.0 Å².